The first-order valence-electron chi connectivity index (χ1n) is 8.60. The maximum atomic E-state index is 13.4. The van der Waals surface area contributed by atoms with Crippen molar-refractivity contribution < 1.29 is 4.79 Å². The highest BCUT2D eigenvalue weighted by molar-refractivity contribution is 5.86. The summed E-state index contributed by atoms with van der Waals surface area (Å²) in [5, 5.41) is 0. The Morgan fingerprint density at radius 2 is 1.23 bits per heavy atom. The molecular formula is C19H36N2O. The zero-order valence-corrected chi connectivity index (χ0v) is 16.5. The van der Waals surface area contributed by atoms with Gasteiger partial charge in [0.1, 0.15) is 0 Å². The monoisotopic (exact) mass is 308 g/mol. The molecule has 0 radical (unpaired) electrons. The molecular weight excluding hydrogens is 272 g/mol. The summed E-state index contributed by atoms with van der Waals surface area (Å²) in [7, 11) is 2.15. The molecule has 22 heavy (non-hydrogen) atoms. The highest BCUT2D eigenvalue weighted by atomic mass is 16.2. The van der Waals surface area contributed by atoms with Crippen LogP contribution in [0.5, 0.6) is 0 Å². The molecule has 1 rings (SSSR count). The van der Waals surface area contributed by atoms with Crippen LogP contribution in [0.2, 0.25) is 0 Å². The van der Waals surface area contributed by atoms with E-state index in [9.17, 15) is 4.79 Å². The minimum absolute atomic E-state index is 0.167. The van der Waals surface area contributed by atoms with Crippen molar-refractivity contribution in [2.24, 2.45) is 17.3 Å². The van der Waals surface area contributed by atoms with Crippen molar-refractivity contribution in [2.45, 2.75) is 80.8 Å². The van der Waals surface area contributed by atoms with E-state index in [1.165, 1.54) is 11.4 Å². The third-order valence-corrected chi connectivity index (χ3v) is 5.61. The van der Waals surface area contributed by atoms with Gasteiger partial charge in [0.05, 0.1) is 5.41 Å². The van der Waals surface area contributed by atoms with Gasteiger partial charge in [-0.15, -0.1) is 0 Å². The van der Waals surface area contributed by atoms with Gasteiger partial charge in [-0.05, 0) is 53.4 Å². The van der Waals surface area contributed by atoms with Crippen LogP contribution < -0.4 is 0 Å². The summed E-state index contributed by atoms with van der Waals surface area (Å²) in [6.45, 7) is 21.6. The maximum absolute atomic E-state index is 13.4. The average molecular weight is 309 g/mol. The summed E-state index contributed by atoms with van der Waals surface area (Å²) in [6.07, 6.45) is 0. The van der Waals surface area contributed by atoms with Crippen LogP contribution in [-0.2, 0) is 4.79 Å². The first-order valence-corrected chi connectivity index (χ1v) is 8.60. The van der Waals surface area contributed by atoms with Crippen molar-refractivity contribution in [3.63, 3.8) is 0 Å². The lowest BCUT2D eigenvalue weighted by molar-refractivity contribution is -0.145. The van der Waals surface area contributed by atoms with Gasteiger partial charge >= 0.3 is 0 Å². The number of carbonyl (C=O) groups is 1. The van der Waals surface area contributed by atoms with Crippen LogP contribution in [0.15, 0.2) is 11.4 Å². The molecule has 0 atom stereocenters. The molecule has 0 aromatic heterocycles. The molecule has 3 nitrogen and oxygen atoms in total. The summed E-state index contributed by atoms with van der Waals surface area (Å²) < 4.78 is 0. The second-order valence-corrected chi connectivity index (χ2v) is 8.59. The Hall–Kier alpha value is -0.990. The highest BCUT2D eigenvalue weighted by Crippen LogP contribution is 2.46. The van der Waals surface area contributed by atoms with Crippen LogP contribution in [0.25, 0.3) is 0 Å². The van der Waals surface area contributed by atoms with E-state index in [2.05, 4.69) is 86.1 Å². The largest absolute Gasteiger partial charge is 0.370 e. The molecule has 0 spiro atoms. The van der Waals surface area contributed by atoms with Gasteiger partial charge in [-0.2, -0.15) is 0 Å². The van der Waals surface area contributed by atoms with Gasteiger partial charge in [0.15, 0.2) is 0 Å². The lowest BCUT2D eigenvalue weighted by atomic mass is 9.72. The molecule has 0 aromatic rings. The number of carbonyl (C=O) groups excluding carboxylic acids is 1. The molecule has 1 aliphatic rings. The maximum Gasteiger partial charge on any atom is 0.235 e. The number of hydrogen-bond acceptors (Lipinski definition) is 2. The molecule has 0 N–H and O–H groups in total. The van der Waals surface area contributed by atoms with Gasteiger partial charge in [-0.1, -0.05) is 27.7 Å². The van der Waals surface area contributed by atoms with E-state index in [-0.39, 0.29) is 17.5 Å². The molecule has 3 heteroatoms. The molecule has 0 saturated carbocycles. The highest BCUT2D eigenvalue weighted by Gasteiger charge is 2.52. The van der Waals surface area contributed by atoms with Gasteiger partial charge in [-0.25, -0.2) is 0 Å². The van der Waals surface area contributed by atoms with E-state index in [0.29, 0.717) is 11.8 Å². The predicted octanol–water partition coefficient (Wildman–Crippen LogP) is 4.50. The molecule has 0 fully saturated rings. The Labute approximate surface area is 137 Å². The summed E-state index contributed by atoms with van der Waals surface area (Å²) in [5.74, 6) is 0.930. The van der Waals surface area contributed by atoms with Gasteiger partial charge < -0.3 is 9.80 Å². The minimum Gasteiger partial charge on any atom is -0.370 e. The van der Waals surface area contributed by atoms with Crippen molar-refractivity contribution in [1.29, 1.82) is 0 Å². The zero-order chi connectivity index (χ0) is 17.6. The van der Waals surface area contributed by atoms with E-state index in [4.69, 9.17) is 0 Å². The first kappa shape index (κ1) is 19.1. The number of hydrogen-bond donors (Lipinski definition) is 0. The van der Waals surface area contributed by atoms with Crippen LogP contribution in [-0.4, -0.2) is 34.3 Å². The van der Waals surface area contributed by atoms with Gasteiger partial charge in [0.2, 0.25) is 5.91 Å². The van der Waals surface area contributed by atoms with E-state index >= 15 is 0 Å². The lowest BCUT2D eigenvalue weighted by Crippen LogP contribution is -2.56. The van der Waals surface area contributed by atoms with E-state index < -0.39 is 5.41 Å². The Balaban J connectivity index is 3.81. The standard InChI is InChI=1S/C19H36N2O/c1-12(2)15-16(13(3)4)21(14(5)6)17(22)18(7,8)19(9,10)20(15)11/h12-14H,1-11H3. The molecule has 1 amide bonds. The molecule has 0 aliphatic carbocycles. The molecule has 0 aromatic carbocycles. The van der Waals surface area contributed by atoms with Crippen LogP contribution in [0.1, 0.15) is 69.2 Å². The Morgan fingerprint density at radius 3 is 1.55 bits per heavy atom. The molecule has 1 aliphatic heterocycles. The lowest BCUT2D eigenvalue weighted by Gasteiger charge is -2.47. The predicted molar refractivity (Wildman–Crippen MR) is 94.3 cm³/mol. The quantitative estimate of drug-likeness (QED) is 0.766. The average Bonchev–Trinajstić information content (AvgIpc) is 2.38. The fourth-order valence-corrected chi connectivity index (χ4v) is 3.46. The topological polar surface area (TPSA) is 23.6 Å². The van der Waals surface area contributed by atoms with Crippen molar-refractivity contribution in [2.75, 3.05) is 7.05 Å². The molecule has 128 valence electrons. The van der Waals surface area contributed by atoms with Crippen molar-refractivity contribution in [3.05, 3.63) is 11.4 Å². The van der Waals surface area contributed by atoms with Crippen molar-refractivity contribution in [1.82, 2.24) is 9.80 Å². The van der Waals surface area contributed by atoms with Gasteiger partial charge in [0, 0.05) is 30.0 Å². The van der Waals surface area contributed by atoms with Crippen molar-refractivity contribution >= 4 is 5.91 Å². The number of amides is 1. The molecule has 1 heterocycles. The van der Waals surface area contributed by atoms with E-state index in [1.807, 2.05) is 0 Å². The molecule has 0 bridgehead atoms. The number of rotatable bonds is 3. The SMILES string of the molecule is CC(C)C1=C(C(C)C)N(C)C(C)(C)C(C)(C)C(=O)N1C(C)C. The third kappa shape index (κ3) is 2.68. The van der Waals surface area contributed by atoms with Crippen LogP contribution in [0, 0.1) is 17.3 Å². The Bertz CT molecular complexity index is 470. The van der Waals surface area contributed by atoms with E-state index in [1.54, 1.807) is 0 Å². The summed E-state index contributed by atoms with van der Waals surface area (Å²) in [6, 6.07) is 0.167. The fraction of sp³-hybridized carbons (Fsp3) is 0.842. The van der Waals surface area contributed by atoms with Gasteiger partial charge in [0.25, 0.3) is 0 Å². The smallest absolute Gasteiger partial charge is 0.235 e. The summed E-state index contributed by atoms with van der Waals surface area (Å²) in [5.41, 5.74) is 1.79. The summed E-state index contributed by atoms with van der Waals surface area (Å²) in [4.78, 5) is 17.8. The second-order valence-electron chi connectivity index (χ2n) is 8.59. The normalized spacial score (nSPS) is 22.2. The molecule has 0 saturated heterocycles. The second kappa shape index (κ2) is 5.90. The third-order valence-electron chi connectivity index (χ3n) is 5.61. The zero-order valence-electron chi connectivity index (χ0n) is 16.5. The molecule has 0 unspecified atom stereocenters. The van der Waals surface area contributed by atoms with Crippen LogP contribution in [0.4, 0.5) is 0 Å². The Kier molecular flexibility index (Phi) is 5.11. The first-order chi connectivity index (χ1) is 9.78. The number of allylic oxidation sites excluding steroid dienone is 2. The van der Waals surface area contributed by atoms with E-state index in [0.717, 1.165) is 0 Å². The fourth-order valence-electron chi connectivity index (χ4n) is 3.46. The summed E-state index contributed by atoms with van der Waals surface area (Å²) >= 11 is 0. The van der Waals surface area contributed by atoms with Crippen LogP contribution in [0.3, 0.4) is 0 Å². The van der Waals surface area contributed by atoms with Crippen molar-refractivity contribution in [3.8, 4) is 0 Å². The van der Waals surface area contributed by atoms with Crippen LogP contribution >= 0.6 is 0 Å². The van der Waals surface area contributed by atoms with Gasteiger partial charge in [-0.3, -0.25) is 4.79 Å². The number of nitrogens with zero attached hydrogens (tertiary/aromatic N) is 2. The Morgan fingerprint density at radius 1 is 0.818 bits per heavy atom. The minimum atomic E-state index is -0.456.